The molecule has 0 bridgehead atoms. The van der Waals surface area contributed by atoms with E-state index in [-0.39, 0.29) is 11.5 Å². The van der Waals surface area contributed by atoms with E-state index in [9.17, 15) is 4.79 Å². The van der Waals surface area contributed by atoms with Crippen molar-refractivity contribution in [1.82, 2.24) is 14.9 Å². The third-order valence-corrected chi connectivity index (χ3v) is 4.66. The summed E-state index contributed by atoms with van der Waals surface area (Å²) < 4.78 is 11.5. The normalized spacial score (nSPS) is 28.8. The Morgan fingerprint density at radius 2 is 2.27 bits per heavy atom. The van der Waals surface area contributed by atoms with Crippen LogP contribution in [0.4, 0.5) is 0 Å². The van der Waals surface area contributed by atoms with Crippen molar-refractivity contribution in [1.29, 1.82) is 0 Å². The zero-order chi connectivity index (χ0) is 15.0. The molecule has 6 heteroatoms. The lowest BCUT2D eigenvalue weighted by Gasteiger charge is -2.44. The predicted octanol–water partition coefficient (Wildman–Crippen LogP) is 1.38. The number of carbonyl (C=O) groups is 1. The quantitative estimate of drug-likeness (QED) is 0.826. The summed E-state index contributed by atoms with van der Waals surface area (Å²) in [4.78, 5) is 23.4. The van der Waals surface area contributed by atoms with Gasteiger partial charge in [0.25, 0.3) is 5.91 Å². The molecule has 0 radical (unpaired) electrons. The number of carbonyl (C=O) groups excluding carboxylic acids is 1. The zero-order valence-corrected chi connectivity index (χ0v) is 12.7. The number of aromatic nitrogens is 2. The van der Waals surface area contributed by atoms with Gasteiger partial charge in [-0.15, -0.1) is 0 Å². The molecule has 1 spiro atoms. The molecule has 1 saturated carbocycles. The van der Waals surface area contributed by atoms with E-state index < -0.39 is 0 Å². The summed E-state index contributed by atoms with van der Waals surface area (Å²) in [5, 5.41) is 0. The van der Waals surface area contributed by atoms with Gasteiger partial charge in [0.2, 0.25) is 0 Å². The number of nitrogens with zero attached hydrogens (tertiary/aromatic N) is 3. The molecule has 4 rings (SSSR count). The molecule has 118 valence electrons. The average molecular weight is 303 g/mol. The Kier molecular flexibility index (Phi) is 3.58. The highest BCUT2D eigenvalue weighted by atomic mass is 16.5. The molecule has 1 aliphatic carbocycles. The molecule has 2 saturated heterocycles. The molecule has 1 atom stereocenters. The molecule has 1 amide bonds. The van der Waals surface area contributed by atoms with E-state index in [0.717, 1.165) is 38.1 Å². The van der Waals surface area contributed by atoms with Crippen LogP contribution in [0.2, 0.25) is 0 Å². The van der Waals surface area contributed by atoms with Crippen LogP contribution in [0.15, 0.2) is 12.3 Å². The minimum atomic E-state index is -0.321. The monoisotopic (exact) mass is 303 g/mol. The van der Waals surface area contributed by atoms with Gasteiger partial charge in [0.15, 0.2) is 0 Å². The summed E-state index contributed by atoms with van der Waals surface area (Å²) in [6.45, 7) is 3.14. The molecular formula is C16H21N3O3. The van der Waals surface area contributed by atoms with E-state index >= 15 is 0 Å². The van der Waals surface area contributed by atoms with Gasteiger partial charge in [0.05, 0.1) is 19.8 Å². The predicted molar refractivity (Wildman–Crippen MR) is 78.6 cm³/mol. The van der Waals surface area contributed by atoms with Crippen molar-refractivity contribution >= 4 is 5.91 Å². The van der Waals surface area contributed by atoms with Crippen molar-refractivity contribution in [3.8, 4) is 0 Å². The third kappa shape index (κ3) is 2.73. The van der Waals surface area contributed by atoms with Crippen LogP contribution in [-0.2, 0) is 9.47 Å². The fourth-order valence-corrected chi connectivity index (χ4v) is 3.28. The molecule has 3 fully saturated rings. The lowest BCUT2D eigenvalue weighted by Crippen LogP contribution is -2.57. The molecule has 6 nitrogen and oxygen atoms in total. The summed E-state index contributed by atoms with van der Waals surface area (Å²) in [6.07, 6.45) is 5.91. The van der Waals surface area contributed by atoms with Crippen molar-refractivity contribution in [2.45, 2.75) is 37.2 Å². The molecule has 1 aromatic rings. The second-order valence-corrected chi connectivity index (χ2v) is 6.49. The van der Waals surface area contributed by atoms with Crippen LogP contribution in [0.25, 0.3) is 0 Å². The Bertz CT molecular complexity index is 562. The van der Waals surface area contributed by atoms with Crippen LogP contribution in [-0.4, -0.2) is 59.3 Å². The maximum absolute atomic E-state index is 12.8. The second kappa shape index (κ2) is 5.59. The first kappa shape index (κ1) is 14.1. The largest absolute Gasteiger partial charge is 0.378 e. The number of ether oxygens (including phenoxy) is 2. The molecule has 1 aromatic heterocycles. The van der Waals surface area contributed by atoms with Crippen LogP contribution in [0.5, 0.6) is 0 Å². The van der Waals surface area contributed by atoms with Crippen LogP contribution < -0.4 is 0 Å². The Balaban J connectivity index is 1.50. The Morgan fingerprint density at radius 3 is 3.05 bits per heavy atom. The van der Waals surface area contributed by atoms with E-state index in [1.165, 1.54) is 0 Å². The minimum Gasteiger partial charge on any atom is -0.378 e. The zero-order valence-electron chi connectivity index (χ0n) is 12.7. The second-order valence-electron chi connectivity index (χ2n) is 6.49. The lowest BCUT2D eigenvalue weighted by atomic mass is 9.94. The van der Waals surface area contributed by atoms with Gasteiger partial charge in [-0.2, -0.15) is 0 Å². The van der Waals surface area contributed by atoms with Crippen LogP contribution in [0.1, 0.15) is 47.9 Å². The SMILES string of the molecule is O=C(c1ccnc(C2CC2)n1)N1CCOC2(CCCOC2)C1. The number of hydrogen-bond acceptors (Lipinski definition) is 5. The van der Waals surface area contributed by atoms with Crippen LogP contribution in [0, 0.1) is 0 Å². The molecule has 0 N–H and O–H groups in total. The van der Waals surface area contributed by atoms with Crippen molar-refractivity contribution in [3.63, 3.8) is 0 Å². The van der Waals surface area contributed by atoms with E-state index in [1.54, 1.807) is 12.3 Å². The van der Waals surface area contributed by atoms with Gasteiger partial charge < -0.3 is 14.4 Å². The maximum Gasteiger partial charge on any atom is 0.272 e. The average Bonchev–Trinajstić information content (AvgIpc) is 3.40. The summed E-state index contributed by atoms with van der Waals surface area (Å²) in [6, 6.07) is 1.72. The van der Waals surface area contributed by atoms with E-state index in [4.69, 9.17) is 9.47 Å². The summed E-state index contributed by atoms with van der Waals surface area (Å²) in [7, 11) is 0. The molecular weight excluding hydrogens is 282 g/mol. The van der Waals surface area contributed by atoms with Crippen molar-refractivity contribution in [2.24, 2.45) is 0 Å². The summed E-state index contributed by atoms with van der Waals surface area (Å²) in [5.74, 6) is 1.25. The topological polar surface area (TPSA) is 64.6 Å². The van der Waals surface area contributed by atoms with Crippen LogP contribution >= 0.6 is 0 Å². The fraction of sp³-hybridized carbons (Fsp3) is 0.688. The van der Waals surface area contributed by atoms with Crippen molar-refractivity contribution in [2.75, 3.05) is 32.9 Å². The maximum atomic E-state index is 12.8. The molecule has 1 unspecified atom stereocenters. The van der Waals surface area contributed by atoms with Crippen LogP contribution in [0.3, 0.4) is 0 Å². The number of rotatable bonds is 2. The van der Waals surface area contributed by atoms with Gasteiger partial charge in [0.1, 0.15) is 17.1 Å². The Hall–Kier alpha value is -1.53. The minimum absolute atomic E-state index is 0.0162. The first-order chi connectivity index (χ1) is 10.8. The molecule has 3 heterocycles. The highest BCUT2D eigenvalue weighted by Gasteiger charge is 2.40. The fourth-order valence-electron chi connectivity index (χ4n) is 3.28. The van der Waals surface area contributed by atoms with E-state index in [1.807, 2.05) is 4.90 Å². The first-order valence-corrected chi connectivity index (χ1v) is 8.10. The lowest BCUT2D eigenvalue weighted by molar-refractivity contribution is -0.160. The third-order valence-electron chi connectivity index (χ3n) is 4.66. The number of morpholine rings is 1. The summed E-state index contributed by atoms with van der Waals surface area (Å²) >= 11 is 0. The Labute approximate surface area is 129 Å². The van der Waals surface area contributed by atoms with Crippen molar-refractivity contribution < 1.29 is 14.3 Å². The summed E-state index contributed by atoms with van der Waals surface area (Å²) in [5.41, 5.74) is 0.184. The Morgan fingerprint density at radius 1 is 1.36 bits per heavy atom. The van der Waals surface area contributed by atoms with Gasteiger partial charge in [-0.05, 0) is 31.7 Å². The first-order valence-electron chi connectivity index (χ1n) is 8.10. The highest BCUT2D eigenvalue weighted by Crippen LogP contribution is 2.37. The molecule has 3 aliphatic rings. The van der Waals surface area contributed by atoms with Gasteiger partial charge in [-0.3, -0.25) is 4.79 Å². The van der Waals surface area contributed by atoms with Crippen molar-refractivity contribution in [3.05, 3.63) is 23.8 Å². The molecule has 0 aromatic carbocycles. The van der Waals surface area contributed by atoms with E-state index in [2.05, 4.69) is 9.97 Å². The number of hydrogen-bond donors (Lipinski definition) is 0. The molecule has 2 aliphatic heterocycles. The van der Waals surface area contributed by atoms with Gasteiger partial charge >= 0.3 is 0 Å². The molecule has 22 heavy (non-hydrogen) atoms. The smallest absolute Gasteiger partial charge is 0.272 e. The highest BCUT2D eigenvalue weighted by molar-refractivity contribution is 5.92. The van der Waals surface area contributed by atoms with E-state index in [0.29, 0.717) is 37.9 Å². The number of amides is 1. The standard InChI is InChI=1S/C16H21N3O3/c20-15(13-4-6-17-14(18-13)12-2-3-12)19-7-9-22-16(10-19)5-1-8-21-11-16/h4,6,12H,1-3,5,7-11H2. The van der Waals surface area contributed by atoms with Gasteiger partial charge in [-0.1, -0.05) is 0 Å². The van der Waals surface area contributed by atoms with Gasteiger partial charge in [0, 0.05) is 25.3 Å². The van der Waals surface area contributed by atoms with Gasteiger partial charge in [-0.25, -0.2) is 9.97 Å².